The average molecular weight is 337 g/mol. The molecule has 1 fully saturated rings. The summed E-state index contributed by atoms with van der Waals surface area (Å²) in [5.41, 5.74) is 2.98. The molecule has 0 bridgehead atoms. The predicted octanol–water partition coefficient (Wildman–Crippen LogP) is 2.65. The van der Waals surface area contributed by atoms with Crippen molar-refractivity contribution in [2.75, 3.05) is 26.2 Å². The number of rotatable bonds is 2. The lowest BCUT2D eigenvalue weighted by Crippen LogP contribution is -2.52. The molecule has 128 valence electrons. The van der Waals surface area contributed by atoms with Crippen LogP contribution >= 0.6 is 0 Å². The number of nitro benzene ring substituents is 1. The minimum absolute atomic E-state index is 0.0486. The van der Waals surface area contributed by atoms with Gasteiger partial charge in [0.25, 0.3) is 11.6 Å². The van der Waals surface area contributed by atoms with Gasteiger partial charge in [0.05, 0.1) is 11.0 Å². The van der Waals surface area contributed by atoms with E-state index in [1.165, 1.54) is 23.3 Å². The van der Waals surface area contributed by atoms with Crippen molar-refractivity contribution in [2.45, 2.75) is 12.5 Å². The lowest BCUT2D eigenvalue weighted by Gasteiger charge is -2.44. The molecule has 25 heavy (non-hydrogen) atoms. The van der Waals surface area contributed by atoms with Crippen LogP contribution in [0, 0.1) is 10.1 Å². The van der Waals surface area contributed by atoms with Crippen LogP contribution < -0.4 is 0 Å². The molecule has 2 aliphatic heterocycles. The highest BCUT2D eigenvalue weighted by Crippen LogP contribution is 2.32. The van der Waals surface area contributed by atoms with E-state index in [1.54, 1.807) is 12.1 Å². The van der Waals surface area contributed by atoms with Crippen LogP contribution in [0.15, 0.2) is 48.5 Å². The lowest BCUT2D eigenvalue weighted by atomic mass is 9.91. The predicted molar refractivity (Wildman–Crippen MR) is 93.5 cm³/mol. The van der Waals surface area contributed by atoms with Gasteiger partial charge in [-0.15, -0.1) is 0 Å². The number of carbonyl (C=O) groups excluding carboxylic acids is 1. The molecule has 1 atom stereocenters. The first-order valence-electron chi connectivity index (χ1n) is 8.49. The highest BCUT2D eigenvalue weighted by molar-refractivity contribution is 5.95. The quantitative estimate of drug-likeness (QED) is 0.624. The van der Waals surface area contributed by atoms with E-state index in [2.05, 4.69) is 23.1 Å². The monoisotopic (exact) mass is 337 g/mol. The summed E-state index contributed by atoms with van der Waals surface area (Å²) in [6.45, 7) is 3.12. The zero-order valence-corrected chi connectivity index (χ0v) is 13.8. The Labute approximate surface area is 145 Å². The second-order valence-electron chi connectivity index (χ2n) is 6.56. The summed E-state index contributed by atoms with van der Waals surface area (Å²) in [7, 11) is 0. The molecule has 1 amide bonds. The standard InChI is InChI=1S/C19H19N3O3/c23-19(15-5-3-6-16(12-15)22(24)25)21-11-10-20-9-8-14-4-1-2-7-17(14)18(20)13-21/h1-7,12,18H,8-11,13H2. The molecule has 1 unspecified atom stereocenters. The summed E-state index contributed by atoms with van der Waals surface area (Å²) in [5, 5.41) is 11.0. The summed E-state index contributed by atoms with van der Waals surface area (Å²) in [6, 6.07) is 14.6. The third-order valence-electron chi connectivity index (χ3n) is 5.16. The maximum atomic E-state index is 12.8. The van der Waals surface area contributed by atoms with Crippen LogP contribution in [0.3, 0.4) is 0 Å². The maximum absolute atomic E-state index is 12.8. The topological polar surface area (TPSA) is 66.7 Å². The Kier molecular flexibility index (Phi) is 3.97. The molecular formula is C19H19N3O3. The summed E-state index contributed by atoms with van der Waals surface area (Å²) in [5.74, 6) is -0.133. The van der Waals surface area contributed by atoms with Crippen molar-refractivity contribution >= 4 is 11.6 Å². The zero-order valence-electron chi connectivity index (χ0n) is 13.8. The van der Waals surface area contributed by atoms with E-state index in [0.717, 1.165) is 19.5 Å². The Bertz CT molecular complexity index is 836. The molecule has 0 spiro atoms. The fourth-order valence-electron chi connectivity index (χ4n) is 3.85. The fourth-order valence-corrected chi connectivity index (χ4v) is 3.85. The smallest absolute Gasteiger partial charge is 0.270 e. The van der Waals surface area contributed by atoms with Crippen LogP contribution in [0.25, 0.3) is 0 Å². The van der Waals surface area contributed by atoms with E-state index >= 15 is 0 Å². The number of amides is 1. The first kappa shape index (κ1) is 15.8. The third kappa shape index (κ3) is 2.89. The number of hydrogen-bond donors (Lipinski definition) is 0. The van der Waals surface area contributed by atoms with E-state index < -0.39 is 4.92 Å². The van der Waals surface area contributed by atoms with Crippen LogP contribution in [-0.4, -0.2) is 46.8 Å². The van der Waals surface area contributed by atoms with Gasteiger partial charge in [0.2, 0.25) is 0 Å². The van der Waals surface area contributed by atoms with Crippen molar-refractivity contribution in [1.82, 2.24) is 9.80 Å². The van der Waals surface area contributed by atoms with E-state index in [1.807, 2.05) is 11.0 Å². The number of nitro groups is 1. The molecule has 0 aliphatic carbocycles. The number of carbonyl (C=O) groups is 1. The molecule has 1 saturated heterocycles. The van der Waals surface area contributed by atoms with E-state index in [9.17, 15) is 14.9 Å². The number of non-ortho nitro benzene ring substituents is 1. The second-order valence-corrected chi connectivity index (χ2v) is 6.56. The van der Waals surface area contributed by atoms with Crippen molar-refractivity contribution in [3.63, 3.8) is 0 Å². The average Bonchev–Trinajstić information content (AvgIpc) is 2.67. The number of fused-ring (bicyclic) bond motifs is 3. The van der Waals surface area contributed by atoms with Gasteiger partial charge in [-0.05, 0) is 23.6 Å². The third-order valence-corrected chi connectivity index (χ3v) is 5.16. The minimum atomic E-state index is -0.466. The molecule has 0 saturated carbocycles. The normalized spacial score (nSPS) is 19.8. The zero-order chi connectivity index (χ0) is 17.4. The van der Waals surface area contributed by atoms with Crippen LogP contribution in [0.2, 0.25) is 0 Å². The highest BCUT2D eigenvalue weighted by Gasteiger charge is 2.34. The van der Waals surface area contributed by atoms with Gasteiger partial charge >= 0.3 is 0 Å². The number of benzene rings is 2. The maximum Gasteiger partial charge on any atom is 0.270 e. The molecule has 0 aromatic heterocycles. The first-order chi connectivity index (χ1) is 12.1. The van der Waals surface area contributed by atoms with Crippen molar-refractivity contribution < 1.29 is 9.72 Å². The minimum Gasteiger partial charge on any atom is -0.335 e. The van der Waals surface area contributed by atoms with Gasteiger partial charge in [-0.2, -0.15) is 0 Å². The van der Waals surface area contributed by atoms with Crippen LogP contribution in [-0.2, 0) is 6.42 Å². The summed E-state index contributed by atoms with van der Waals surface area (Å²) in [6.07, 6.45) is 1.05. The van der Waals surface area contributed by atoms with Crippen molar-refractivity contribution in [1.29, 1.82) is 0 Å². The Balaban J connectivity index is 1.58. The molecular weight excluding hydrogens is 318 g/mol. The van der Waals surface area contributed by atoms with E-state index in [0.29, 0.717) is 18.7 Å². The second kappa shape index (κ2) is 6.29. The molecule has 0 N–H and O–H groups in total. The van der Waals surface area contributed by atoms with E-state index in [4.69, 9.17) is 0 Å². The molecule has 6 heteroatoms. The van der Waals surface area contributed by atoms with Gasteiger partial charge in [-0.3, -0.25) is 19.8 Å². The van der Waals surface area contributed by atoms with Gasteiger partial charge in [0, 0.05) is 43.9 Å². The van der Waals surface area contributed by atoms with Gasteiger partial charge < -0.3 is 4.90 Å². The SMILES string of the molecule is O=C(c1cccc([N+](=O)[O-])c1)N1CCN2CCc3ccccc3C2C1. The molecule has 2 aromatic carbocycles. The van der Waals surface area contributed by atoms with Gasteiger partial charge in [-0.1, -0.05) is 30.3 Å². The molecule has 2 aliphatic rings. The fraction of sp³-hybridized carbons (Fsp3) is 0.316. The van der Waals surface area contributed by atoms with Crippen LogP contribution in [0.5, 0.6) is 0 Å². The first-order valence-corrected chi connectivity index (χ1v) is 8.49. The van der Waals surface area contributed by atoms with Crippen molar-refractivity contribution in [3.05, 3.63) is 75.3 Å². The summed E-state index contributed by atoms with van der Waals surface area (Å²) >= 11 is 0. The molecule has 2 aromatic rings. The highest BCUT2D eigenvalue weighted by atomic mass is 16.6. The lowest BCUT2D eigenvalue weighted by molar-refractivity contribution is -0.384. The summed E-state index contributed by atoms with van der Waals surface area (Å²) in [4.78, 5) is 27.6. The van der Waals surface area contributed by atoms with Crippen molar-refractivity contribution in [3.8, 4) is 0 Å². The molecule has 6 nitrogen and oxygen atoms in total. The Morgan fingerprint density at radius 2 is 1.92 bits per heavy atom. The Morgan fingerprint density at radius 3 is 2.76 bits per heavy atom. The van der Waals surface area contributed by atoms with Gasteiger partial charge in [0.1, 0.15) is 0 Å². The van der Waals surface area contributed by atoms with E-state index in [-0.39, 0.29) is 17.6 Å². The number of nitrogens with zero attached hydrogens (tertiary/aromatic N) is 3. The largest absolute Gasteiger partial charge is 0.335 e. The molecule has 0 radical (unpaired) electrons. The van der Waals surface area contributed by atoms with Gasteiger partial charge in [0.15, 0.2) is 0 Å². The molecule has 4 rings (SSSR count). The van der Waals surface area contributed by atoms with Crippen LogP contribution in [0.4, 0.5) is 5.69 Å². The number of piperazine rings is 1. The Morgan fingerprint density at radius 1 is 1.08 bits per heavy atom. The number of hydrogen-bond acceptors (Lipinski definition) is 4. The Hall–Kier alpha value is -2.73. The van der Waals surface area contributed by atoms with Gasteiger partial charge in [-0.25, -0.2) is 0 Å². The van der Waals surface area contributed by atoms with Crippen LogP contribution in [0.1, 0.15) is 27.5 Å². The van der Waals surface area contributed by atoms with Crippen molar-refractivity contribution in [2.24, 2.45) is 0 Å². The molecule has 2 heterocycles. The summed E-state index contributed by atoms with van der Waals surface area (Å²) < 4.78 is 0.